The number of benzene rings is 2. The topological polar surface area (TPSA) is 55.8 Å². The average molecular weight is 424 g/mol. The van der Waals surface area contributed by atoms with E-state index >= 15 is 0 Å². The van der Waals surface area contributed by atoms with Crippen molar-refractivity contribution in [2.75, 3.05) is 12.0 Å². The van der Waals surface area contributed by atoms with Gasteiger partial charge < -0.3 is 19.2 Å². The van der Waals surface area contributed by atoms with Gasteiger partial charge in [-0.2, -0.15) is 0 Å². The predicted octanol–water partition coefficient (Wildman–Crippen LogP) is 5.62. The molecule has 0 bridgehead atoms. The van der Waals surface area contributed by atoms with Gasteiger partial charge in [0.15, 0.2) is 0 Å². The van der Waals surface area contributed by atoms with Gasteiger partial charge in [0, 0.05) is 12.1 Å². The van der Waals surface area contributed by atoms with Crippen LogP contribution in [0.25, 0.3) is 0 Å². The molecule has 5 heteroatoms. The fourth-order valence-electron chi connectivity index (χ4n) is 4.04. The van der Waals surface area contributed by atoms with E-state index in [0.717, 1.165) is 41.7 Å². The first-order valence-electron chi connectivity index (χ1n) is 11.3. The lowest BCUT2D eigenvalue weighted by atomic mass is 10.0. The first kappa shape index (κ1) is 23.0. The summed E-state index contributed by atoms with van der Waals surface area (Å²) in [7, 11) is 1.66. The van der Waals surface area contributed by atoms with Crippen molar-refractivity contribution < 1.29 is 19.1 Å². The summed E-state index contributed by atoms with van der Waals surface area (Å²) >= 11 is 0. The third-order valence-electron chi connectivity index (χ3n) is 5.88. The summed E-state index contributed by atoms with van der Waals surface area (Å²) < 4.78 is 11.5. The van der Waals surface area contributed by atoms with Crippen molar-refractivity contribution in [1.82, 2.24) is 0 Å². The summed E-state index contributed by atoms with van der Waals surface area (Å²) in [5.74, 6) is 0.845. The minimum Gasteiger partial charge on any atom is -0.497 e. The first-order chi connectivity index (χ1) is 15.2. The van der Waals surface area contributed by atoms with E-state index in [2.05, 4.69) is 6.92 Å². The Morgan fingerprint density at radius 1 is 1.06 bits per heavy atom. The zero-order valence-electron chi connectivity index (χ0n) is 18.6. The number of amides is 1. The molecule has 0 aliphatic carbocycles. The molecule has 1 saturated heterocycles. The van der Waals surface area contributed by atoms with Crippen LogP contribution in [-0.2, 0) is 20.9 Å². The Labute approximate surface area is 185 Å². The predicted molar refractivity (Wildman–Crippen MR) is 122 cm³/mol. The number of unbranched alkanes of at least 4 members (excludes halogenated alkanes) is 3. The van der Waals surface area contributed by atoms with Crippen LogP contribution in [0.15, 0.2) is 48.5 Å². The van der Waals surface area contributed by atoms with E-state index < -0.39 is 0 Å². The van der Waals surface area contributed by atoms with Gasteiger partial charge in [0.1, 0.15) is 12.0 Å². The highest BCUT2D eigenvalue weighted by Crippen LogP contribution is 2.30. The summed E-state index contributed by atoms with van der Waals surface area (Å²) in [6, 6.07) is 15.5. The standard InChI is InChI=1S/C26H33NO4/c1-3-4-5-6-7-25(31-19-20-8-15-24(30-2)16-9-20)21-10-12-22(13-11-21)27-23(18-28)14-17-26(27)29/h8-13,15-16,18,23,25H,3-7,14,17,19H2,1-2H3/t23-,25?/m1/s1. The molecule has 2 atom stereocenters. The van der Waals surface area contributed by atoms with Crippen molar-refractivity contribution in [2.24, 2.45) is 0 Å². The van der Waals surface area contributed by atoms with Crippen LogP contribution in [0.4, 0.5) is 5.69 Å². The van der Waals surface area contributed by atoms with Gasteiger partial charge in [-0.15, -0.1) is 0 Å². The van der Waals surface area contributed by atoms with Crippen LogP contribution >= 0.6 is 0 Å². The molecule has 0 aromatic heterocycles. The van der Waals surface area contributed by atoms with E-state index in [9.17, 15) is 9.59 Å². The van der Waals surface area contributed by atoms with Crippen LogP contribution in [0, 0.1) is 0 Å². The minimum absolute atomic E-state index is 0.0100. The molecule has 1 amide bonds. The number of carbonyl (C=O) groups excluding carboxylic acids is 2. The lowest BCUT2D eigenvalue weighted by Crippen LogP contribution is -2.33. The fourth-order valence-corrected chi connectivity index (χ4v) is 4.04. The van der Waals surface area contributed by atoms with E-state index in [0.29, 0.717) is 19.4 Å². The molecule has 1 unspecified atom stereocenters. The maximum atomic E-state index is 12.2. The van der Waals surface area contributed by atoms with Crippen LogP contribution in [0.1, 0.15) is 69.1 Å². The van der Waals surface area contributed by atoms with Gasteiger partial charge in [-0.3, -0.25) is 4.79 Å². The van der Waals surface area contributed by atoms with Crippen molar-refractivity contribution in [1.29, 1.82) is 0 Å². The molecule has 31 heavy (non-hydrogen) atoms. The van der Waals surface area contributed by atoms with Crippen molar-refractivity contribution in [3.05, 3.63) is 59.7 Å². The smallest absolute Gasteiger partial charge is 0.227 e. The molecule has 0 spiro atoms. The summed E-state index contributed by atoms with van der Waals surface area (Å²) in [5.41, 5.74) is 2.98. The number of nitrogens with zero attached hydrogens (tertiary/aromatic N) is 1. The summed E-state index contributed by atoms with van der Waals surface area (Å²) in [5, 5.41) is 0. The van der Waals surface area contributed by atoms with Crippen LogP contribution in [0.3, 0.4) is 0 Å². The van der Waals surface area contributed by atoms with Gasteiger partial charge >= 0.3 is 0 Å². The van der Waals surface area contributed by atoms with Crippen molar-refractivity contribution in [2.45, 2.75) is 70.6 Å². The zero-order chi connectivity index (χ0) is 22.1. The molecule has 0 N–H and O–H groups in total. The average Bonchev–Trinajstić information content (AvgIpc) is 3.19. The highest BCUT2D eigenvalue weighted by molar-refractivity contribution is 6.00. The number of anilines is 1. The first-order valence-corrected chi connectivity index (χ1v) is 11.3. The van der Waals surface area contributed by atoms with E-state index in [1.54, 1.807) is 12.0 Å². The number of rotatable bonds is 12. The van der Waals surface area contributed by atoms with Crippen LogP contribution in [0.5, 0.6) is 5.75 Å². The molecular formula is C26H33NO4. The van der Waals surface area contributed by atoms with Gasteiger partial charge in [-0.25, -0.2) is 0 Å². The van der Waals surface area contributed by atoms with Crippen molar-refractivity contribution in [3.8, 4) is 5.75 Å². The Balaban J connectivity index is 1.69. The second kappa shape index (κ2) is 11.7. The number of hydrogen-bond acceptors (Lipinski definition) is 4. The SMILES string of the molecule is CCCCCCC(OCc1ccc(OC)cc1)c1ccc(N2C(=O)CC[C@@H]2C=O)cc1. The zero-order valence-corrected chi connectivity index (χ0v) is 18.6. The second-order valence-electron chi connectivity index (χ2n) is 8.09. The highest BCUT2D eigenvalue weighted by Gasteiger charge is 2.31. The third-order valence-corrected chi connectivity index (χ3v) is 5.88. The molecule has 2 aromatic carbocycles. The van der Waals surface area contributed by atoms with E-state index in [4.69, 9.17) is 9.47 Å². The molecule has 0 saturated carbocycles. The van der Waals surface area contributed by atoms with Crippen LogP contribution < -0.4 is 9.64 Å². The normalized spacial score (nSPS) is 17.0. The molecule has 5 nitrogen and oxygen atoms in total. The lowest BCUT2D eigenvalue weighted by Gasteiger charge is -2.23. The van der Waals surface area contributed by atoms with Gasteiger partial charge in [-0.1, -0.05) is 56.9 Å². The van der Waals surface area contributed by atoms with Gasteiger partial charge in [-0.05, 0) is 48.2 Å². The number of ether oxygens (including phenoxy) is 2. The minimum atomic E-state index is -0.352. The molecule has 1 aliphatic rings. The molecule has 1 aliphatic heterocycles. The Kier molecular flexibility index (Phi) is 8.65. The quantitative estimate of drug-likeness (QED) is 0.328. The Bertz CT molecular complexity index is 831. The molecular weight excluding hydrogens is 390 g/mol. The molecule has 1 heterocycles. The Morgan fingerprint density at radius 3 is 2.45 bits per heavy atom. The largest absolute Gasteiger partial charge is 0.497 e. The van der Waals surface area contributed by atoms with Gasteiger partial charge in [0.05, 0.1) is 25.9 Å². The molecule has 1 fully saturated rings. The monoisotopic (exact) mass is 423 g/mol. The fraction of sp³-hybridized carbons (Fsp3) is 0.462. The van der Waals surface area contributed by atoms with E-state index in [-0.39, 0.29) is 18.1 Å². The summed E-state index contributed by atoms with van der Waals surface area (Å²) in [6.07, 6.45) is 7.57. The number of methoxy groups -OCH3 is 1. The van der Waals surface area contributed by atoms with E-state index in [1.807, 2.05) is 48.5 Å². The Hall–Kier alpha value is -2.66. The van der Waals surface area contributed by atoms with Crippen LogP contribution in [0.2, 0.25) is 0 Å². The number of carbonyl (C=O) groups is 2. The highest BCUT2D eigenvalue weighted by atomic mass is 16.5. The number of aldehydes is 1. The molecule has 0 radical (unpaired) electrons. The van der Waals surface area contributed by atoms with Gasteiger partial charge in [0.2, 0.25) is 5.91 Å². The summed E-state index contributed by atoms with van der Waals surface area (Å²) in [6.45, 7) is 2.74. The third kappa shape index (κ3) is 6.17. The maximum Gasteiger partial charge on any atom is 0.227 e. The number of hydrogen-bond donors (Lipinski definition) is 0. The van der Waals surface area contributed by atoms with Crippen molar-refractivity contribution in [3.63, 3.8) is 0 Å². The lowest BCUT2D eigenvalue weighted by molar-refractivity contribution is -0.118. The van der Waals surface area contributed by atoms with Gasteiger partial charge in [0.25, 0.3) is 0 Å². The second-order valence-corrected chi connectivity index (χ2v) is 8.09. The Morgan fingerprint density at radius 2 is 1.81 bits per heavy atom. The maximum absolute atomic E-state index is 12.2. The summed E-state index contributed by atoms with van der Waals surface area (Å²) in [4.78, 5) is 25.1. The van der Waals surface area contributed by atoms with E-state index in [1.165, 1.54) is 19.3 Å². The van der Waals surface area contributed by atoms with Crippen molar-refractivity contribution >= 4 is 17.9 Å². The van der Waals surface area contributed by atoms with Crippen LogP contribution in [-0.4, -0.2) is 25.3 Å². The molecule has 166 valence electrons. The molecule has 2 aromatic rings. The molecule has 3 rings (SSSR count).